The Balaban J connectivity index is 2.34. The fourth-order valence-corrected chi connectivity index (χ4v) is 3.11. The fraction of sp³-hybridized carbons (Fsp3) is 1.00. The molecule has 1 rings (SSSR count). The van der Waals surface area contributed by atoms with Gasteiger partial charge in [-0.1, -0.05) is 46.5 Å². The largest absolute Gasteiger partial charge is 0.313 e. The lowest BCUT2D eigenvalue weighted by molar-refractivity contribution is 0.169. The van der Waals surface area contributed by atoms with E-state index in [4.69, 9.17) is 0 Å². The van der Waals surface area contributed by atoms with Gasteiger partial charge >= 0.3 is 0 Å². The Labute approximate surface area is 115 Å². The molecular formula is C16H34N2. The second-order valence-electron chi connectivity index (χ2n) is 6.45. The van der Waals surface area contributed by atoms with Gasteiger partial charge in [-0.2, -0.15) is 0 Å². The molecule has 1 unspecified atom stereocenters. The van der Waals surface area contributed by atoms with Crippen molar-refractivity contribution in [1.82, 2.24) is 10.2 Å². The summed E-state index contributed by atoms with van der Waals surface area (Å²) >= 11 is 0. The van der Waals surface area contributed by atoms with Crippen LogP contribution in [0.15, 0.2) is 0 Å². The number of likely N-dealkylation sites (N-methyl/N-ethyl adjacent to an activating group) is 1. The summed E-state index contributed by atoms with van der Waals surface area (Å²) in [4.78, 5) is 2.62. The zero-order valence-electron chi connectivity index (χ0n) is 13.0. The highest BCUT2D eigenvalue weighted by Crippen LogP contribution is 2.24. The average Bonchev–Trinajstić information content (AvgIpc) is 2.35. The minimum Gasteiger partial charge on any atom is -0.313 e. The highest BCUT2D eigenvalue weighted by molar-refractivity contribution is 4.76. The quantitative estimate of drug-likeness (QED) is 0.711. The summed E-state index contributed by atoms with van der Waals surface area (Å²) in [5, 5.41) is 3.61. The van der Waals surface area contributed by atoms with Crippen LogP contribution in [0.4, 0.5) is 0 Å². The first-order chi connectivity index (χ1) is 8.63. The van der Waals surface area contributed by atoms with Crippen LogP contribution in [-0.2, 0) is 0 Å². The van der Waals surface area contributed by atoms with Crippen molar-refractivity contribution < 1.29 is 0 Å². The van der Waals surface area contributed by atoms with Crippen molar-refractivity contribution in [2.75, 3.05) is 20.1 Å². The molecule has 0 heterocycles. The summed E-state index contributed by atoms with van der Waals surface area (Å²) in [7, 11) is 2.33. The molecule has 0 aromatic carbocycles. The van der Waals surface area contributed by atoms with Crippen LogP contribution in [0, 0.1) is 5.92 Å². The molecule has 0 bridgehead atoms. The average molecular weight is 254 g/mol. The van der Waals surface area contributed by atoms with Crippen molar-refractivity contribution in [2.24, 2.45) is 5.92 Å². The summed E-state index contributed by atoms with van der Waals surface area (Å²) in [6.45, 7) is 9.24. The van der Waals surface area contributed by atoms with Crippen LogP contribution in [-0.4, -0.2) is 37.1 Å². The Hall–Kier alpha value is -0.0800. The summed E-state index contributed by atoms with van der Waals surface area (Å²) in [6, 6.07) is 1.33. The molecule has 2 heteroatoms. The van der Waals surface area contributed by atoms with Gasteiger partial charge in [-0.3, -0.25) is 0 Å². The van der Waals surface area contributed by atoms with Gasteiger partial charge in [-0.15, -0.1) is 0 Å². The normalized spacial score (nSPS) is 19.7. The number of nitrogens with zero attached hydrogens (tertiary/aromatic N) is 1. The summed E-state index contributed by atoms with van der Waals surface area (Å²) < 4.78 is 0. The second-order valence-corrected chi connectivity index (χ2v) is 6.45. The number of nitrogens with one attached hydrogen (secondary N) is 1. The van der Waals surface area contributed by atoms with E-state index in [0.717, 1.165) is 18.5 Å². The maximum atomic E-state index is 3.61. The Kier molecular flexibility index (Phi) is 7.92. The Morgan fingerprint density at radius 1 is 1.17 bits per heavy atom. The fourth-order valence-electron chi connectivity index (χ4n) is 3.11. The first-order valence-electron chi connectivity index (χ1n) is 8.07. The second kappa shape index (κ2) is 8.92. The van der Waals surface area contributed by atoms with Crippen molar-refractivity contribution in [3.8, 4) is 0 Å². The Bertz CT molecular complexity index is 197. The highest BCUT2D eigenvalue weighted by Gasteiger charge is 2.20. The third-order valence-corrected chi connectivity index (χ3v) is 4.28. The third-order valence-electron chi connectivity index (χ3n) is 4.28. The van der Waals surface area contributed by atoms with E-state index in [9.17, 15) is 0 Å². The molecule has 1 atom stereocenters. The molecule has 1 aliphatic rings. The summed E-state index contributed by atoms with van der Waals surface area (Å²) in [5.74, 6) is 0.960. The number of hydrogen-bond donors (Lipinski definition) is 1. The van der Waals surface area contributed by atoms with Crippen LogP contribution < -0.4 is 5.32 Å². The van der Waals surface area contributed by atoms with E-state index in [0.29, 0.717) is 6.04 Å². The molecule has 0 spiro atoms. The smallest absolute Gasteiger partial charge is 0.0217 e. The van der Waals surface area contributed by atoms with Crippen molar-refractivity contribution >= 4 is 0 Å². The van der Waals surface area contributed by atoms with E-state index >= 15 is 0 Å². The molecule has 0 aliphatic heterocycles. The van der Waals surface area contributed by atoms with Gasteiger partial charge in [0, 0.05) is 25.2 Å². The molecular weight excluding hydrogens is 220 g/mol. The van der Waals surface area contributed by atoms with Crippen molar-refractivity contribution in [3.05, 3.63) is 0 Å². The van der Waals surface area contributed by atoms with Gasteiger partial charge in [-0.25, -0.2) is 0 Å². The lowest BCUT2D eigenvalue weighted by Crippen LogP contribution is -2.44. The zero-order valence-corrected chi connectivity index (χ0v) is 13.0. The Morgan fingerprint density at radius 3 is 2.39 bits per heavy atom. The van der Waals surface area contributed by atoms with Crippen molar-refractivity contribution in [3.63, 3.8) is 0 Å². The molecule has 1 fully saturated rings. The highest BCUT2D eigenvalue weighted by atomic mass is 15.2. The van der Waals surface area contributed by atoms with Gasteiger partial charge in [0.2, 0.25) is 0 Å². The summed E-state index contributed by atoms with van der Waals surface area (Å²) in [6.07, 6.45) is 9.92. The SMILES string of the molecule is CCCC(CNC(C)C)N(C)CC1CCCCC1. The van der Waals surface area contributed by atoms with Crippen molar-refractivity contribution in [1.29, 1.82) is 0 Å². The standard InChI is InChI=1S/C16H34N2/c1-5-9-16(12-17-14(2)3)18(4)13-15-10-7-6-8-11-15/h14-17H,5-13H2,1-4H3. The Morgan fingerprint density at radius 2 is 1.83 bits per heavy atom. The minimum absolute atomic E-state index is 0.604. The van der Waals surface area contributed by atoms with E-state index in [1.165, 1.54) is 51.5 Å². The maximum Gasteiger partial charge on any atom is 0.0217 e. The topological polar surface area (TPSA) is 15.3 Å². The molecule has 0 radical (unpaired) electrons. The molecule has 108 valence electrons. The predicted molar refractivity (Wildman–Crippen MR) is 81.0 cm³/mol. The molecule has 1 aliphatic carbocycles. The van der Waals surface area contributed by atoms with Gasteiger partial charge < -0.3 is 10.2 Å². The first-order valence-corrected chi connectivity index (χ1v) is 8.07. The van der Waals surface area contributed by atoms with Crippen molar-refractivity contribution in [2.45, 2.75) is 77.8 Å². The molecule has 0 amide bonds. The number of rotatable bonds is 8. The lowest BCUT2D eigenvalue weighted by Gasteiger charge is -2.33. The lowest BCUT2D eigenvalue weighted by atomic mass is 9.88. The molecule has 0 aromatic heterocycles. The van der Waals surface area contributed by atoms with E-state index in [1.54, 1.807) is 0 Å². The predicted octanol–water partition coefficient (Wildman–Crippen LogP) is 3.67. The van der Waals surface area contributed by atoms with Gasteiger partial charge in [-0.05, 0) is 32.2 Å². The van der Waals surface area contributed by atoms with Gasteiger partial charge in [0.25, 0.3) is 0 Å². The minimum atomic E-state index is 0.604. The molecule has 0 saturated heterocycles. The molecule has 2 nitrogen and oxygen atoms in total. The van der Waals surface area contributed by atoms with Crippen LogP contribution in [0.25, 0.3) is 0 Å². The molecule has 1 saturated carbocycles. The third kappa shape index (κ3) is 6.19. The number of hydrogen-bond acceptors (Lipinski definition) is 2. The van der Waals surface area contributed by atoms with E-state index in [1.807, 2.05) is 0 Å². The molecule has 0 aromatic rings. The van der Waals surface area contributed by atoms with E-state index in [-0.39, 0.29) is 0 Å². The van der Waals surface area contributed by atoms with Crippen LogP contribution in [0.1, 0.15) is 65.7 Å². The van der Waals surface area contributed by atoms with Gasteiger partial charge in [0.1, 0.15) is 0 Å². The van der Waals surface area contributed by atoms with Crippen LogP contribution in [0.5, 0.6) is 0 Å². The first kappa shape index (κ1) is 16.0. The van der Waals surface area contributed by atoms with E-state index in [2.05, 4.69) is 38.0 Å². The van der Waals surface area contributed by atoms with Crippen LogP contribution in [0.2, 0.25) is 0 Å². The van der Waals surface area contributed by atoms with Gasteiger partial charge in [0.05, 0.1) is 0 Å². The van der Waals surface area contributed by atoms with Crippen LogP contribution >= 0.6 is 0 Å². The van der Waals surface area contributed by atoms with Crippen LogP contribution in [0.3, 0.4) is 0 Å². The zero-order chi connectivity index (χ0) is 13.4. The van der Waals surface area contributed by atoms with Gasteiger partial charge in [0.15, 0.2) is 0 Å². The molecule has 1 N–H and O–H groups in total. The maximum absolute atomic E-state index is 3.61. The summed E-state index contributed by atoms with van der Waals surface area (Å²) in [5.41, 5.74) is 0. The monoisotopic (exact) mass is 254 g/mol. The molecule has 18 heavy (non-hydrogen) atoms. The van der Waals surface area contributed by atoms with E-state index < -0.39 is 0 Å².